The van der Waals surface area contributed by atoms with Crippen molar-refractivity contribution in [2.24, 2.45) is 0 Å². The number of aldehydes is 1. The molecular weight excluding hydrogens is 235 g/mol. The van der Waals surface area contributed by atoms with Gasteiger partial charge in [0.2, 0.25) is 0 Å². The highest BCUT2D eigenvalue weighted by atomic mass is 19.1. The number of nitrogens with zero attached hydrogens (tertiary/aromatic N) is 2. The molecule has 0 aliphatic carbocycles. The molecule has 0 fully saturated rings. The van der Waals surface area contributed by atoms with E-state index in [4.69, 9.17) is 4.74 Å². The summed E-state index contributed by atoms with van der Waals surface area (Å²) in [5.41, 5.74) is 0.234. The van der Waals surface area contributed by atoms with Crippen molar-refractivity contribution in [1.29, 1.82) is 0 Å². The molecule has 0 saturated heterocycles. The molecule has 1 aromatic carbocycles. The number of benzene rings is 1. The Morgan fingerprint density at radius 1 is 1.44 bits per heavy atom. The van der Waals surface area contributed by atoms with Crippen molar-refractivity contribution in [3.8, 4) is 5.75 Å². The van der Waals surface area contributed by atoms with Crippen molar-refractivity contribution in [2.75, 3.05) is 6.61 Å². The summed E-state index contributed by atoms with van der Waals surface area (Å²) in [5.74, 6) is -0.0279. The summed E-state index contributed by atoms with van der Waals surface area (Å²) in [7, 11) is 0. The monoisotopic (exact) mass is 248 g/mol. The number of halogens is 1. The van der Waals surface area contributed by atoms with Crippen molar-refractivity contribution in [1.82, 2.24) is 9.55 Å². The number of rotatable bonds is 6. The molecule has 0 bridgehead atoms. The van der Waals surface area contributed by atoms with E-state index in [1.807, 2.05) is 10.8 Å². The maximum Gasteiger partial charge on any atom is 0.153 e. The van der Waals surface area contributed by atoms with Gasteiger partial charge in [-0.15, -0.1) is 0 Å². The molecule has 2 rings (SSSR count). The van der Waals surface area contributed by atoms with Gasteiger partial charge in [0.15, 0.2) is 6.29 Å². The first kappa shape index (κ1) is 12.3. The Hall–Kier alpha value is -2.17. The molecule has 94 valence electrons. The predicted octanol–water partition coefficient (Wildman–Crippen LogP) is 2.30. The standard InChI is InChI=1S/C13H13FN2O2/c14-12-2-3-13(11(8-12)9-17)18-7-1-5-16-6-4-15-10-16/h2-4,6,8-10H,1,5,7H2. The Balaban J connectivity index is 1.84. The van der Waals surface area contributed by atoms with Gasteiger partial charge in [0, 0.05) is 18.9 Å². The number of aromatic nitrogens is 2. The normalized spacial score (nSPS) is 10.3. The van der Waals surface area contributed by atoms with Crippen LogP contribution in [0.2, 0.25) is 0 Å². The zero-order chi connectivity index (χ0) is 12.8. The van der Waals surface area contributed by atoms with Crippen LogP contribution >= 0.6 is 0 Å². The highest BCUT2D eigenvalue weighted by Gasteiger charge is 2.04. The fourth-order valence-electron chi connectivity index (χ4n) is 1.59. The van der Waals surface area contributed by atoms with Crippen LogP contribution in [0.3, 0.4) is 0 Å². The van der Waals surface area contributed by atoms with Crippen molar-refractivity contribution >= 4 is 6.29 Å². The second-order valence-electron chi connectivity index (χ2n) is 3.80. The van der Waals surface area contributed by atoms with Gasteiger partial charge < -0.3 is 9.30 Å². The molecule has 0 spiro atoms. The molecule has 0 unspecified atom stereocenters. The molecule has 2 aromatic rings. The van der Waals surface area contributed by atoms with Gasteiger partial charge in [-0.05, 0) is 24.6 Å². The second kappa shape index (κ2) is 5.95. The molecule has 0 aliphatic heterocycles. The van der Waals surface area contributed by atoms with Gasteiger partial charge >= 0.3 is 0 Å². The molecule has 0 radical (unpaired) electrons. The summed E-state index contributed by atoms with van der Waals surface area (Å²) in [6.07, 6.45) is 6.69. The lowest BCUT2D eigenvalue weighted by molar-refractivity contribution is 0.111. The number of imidazole rings is 1. The summed E-state index contributed by atoms with van der Waals surface area (Å²) >= 11 is 0. The van der Waals surface area contributed by atoms with E-state index in [-0.39, 0.29) is 5.56 Å². The van der Waals surface area contributed by atoms with E-state index in [0.717, 1.165) is 19.0 Å². The Labute approximate surface area is 104 Å². The van der Waals surface area contributed by atoms with Gasteiger partial charge in [-0.3, -0.25) is 4.79 Å². The predicted molar refractivity (Wildman–Crippen MR) is 64.1 cm³/mol. The number of carbonyl (C=O) groups is 1. The molecule has 0 aliphatic rings. The highest BCUT2D eigenvalue weighted by molar-refractivity contribution is 5.79. The van der Waals surface area contributed by atoms with E-state index in [1.54, 1.807) is 12.5 Å². The third-order valence-corrected chi connectivity index (χ3v) is 2.48. The fraction of sp³-hybridized carbons (Fsp3) is 0.231. The Kier molecular flexibility index (Phi) is 4.06. The minimum Gasteiger partial charge on any atom is -0.493 e. The summed E-state index contributed by atoms with van der Waals surface area (Å²) in [5, 5.41) is 0. The van der Waals surface area contributed by atoms with Crippen LogP contribution in [-0.4, -0.2) is 22.4 Å². The zero-order valence-electron chi connectivity index (χ0n) is 9.75. The van der Waals surface area contributed by atoms with Crippen molar-refractivity contribution in [2.45, 2.75) is 13.0 Å². The van der Waals surface area contributed by atoms with Crippen molar-refractivity contribution in [3.63, 3.8) is 0 Å². The fourth-order valence-corrected chi connectivity index (χ4v) is 1.59. The number of hydrogen-bond acceptors (Lipinski definition) is 3. The average Bonchev–Trinajstić information content (AvgIpc) is 2.89. The first-order valence-electron chi connectivity index (χ1n) is 5.63. The van der Waals surface area contributed by atoms with Gasteiger partial charge in [0.25, 0.3) is 0 Å². The Bertz CT molecular complexity index is 512. The lowest BCUT2D eigenvalue weighted by Gasteiger charge is -2.08. The topological polar surface area (TPSA) is 44.1 Å². The molecule has 1 heterocycles. The molecular formula is C13H13FN2O2. The van der Waals surface area contributed by atoms with Crippen LogP contribution in [0.1, 0.15) is 16.8 Å². The van der Waals surface area contributed by atoms with Crippen molar-refractivity contribution in [3.05, 3.63) is 48.3 Å². The Morgan fingerprint density at radius 3 is 3.06 bits per heavy atom. The largest absolute Gasteiger partial charge is 0.493 e. The van der Waals surface area contributed by atoms with E-state index in [2.05, 4.69) is 4.98 Å². The van der Waals surface area contributed by atoms with Gasteiger partial charge in [-0.1, -0.05) is 0 Å². The second-order valence-corrected chi connectivity index (χ2v) is 3.80. The molecule has 0 saturated carbocycles. The van der Waals surface area contributed by atoms with Crippen molar-refractivity contribution < 1.29 is 13.9 Å². The van der Waals surface area contributed by atoms with E-state index >= 15 is 0 Å². The quantitative estimate of drug-likeness (QED) is 0.582. The maximum absolute atomic E-state index is 12.9. The third kappa shape index (κ3) is 3.16. The van der Waals surface area contributed by atoms with Crippen LogP contribution in [0.25, 0.3) is 0 Å². The first-order chi connectivity index (χ1) is 8.79. The molecule has 0 amide bonds. The smallest absolute Gasteiger partial charge is 0.153 e. The summed E-state index contributed by atoms with van der Waals surface area (Å²) < 4.78 is 20.3. The number of ether oxygens (including phenoxy) is 1. The average molecular weight is 248 g/mol. The summed E-state index contributed by atoms with van der Waals surface area (Å²) in [4.78, 5) is 14.7. The number of aryl methyl sites for hydroxylation is 1. The number of hydrogen-bond donors (Lipinski definition) is 0. The summed E-state index contributed by atoms with van der Waals surface area (Å²) in [6, 6.07) is 3.91. The van der Waals surface area contributed by atoms with Crippen LogP contribution in [0.15, 0.2) is 36.9 Å². The van der Waals surface area contributed by atoms with E-state index in [1.165, 1.54) is 12.1 Å². The lowest BCUT2D eigenvalue weighted by atomic mass is 10.2. The minimum atomic E-state index is -0.442. The molecule has 1 aromatic heterocycles. The van der Waals surface area contributed by atoms with E-state index < -0.39 is 5.82 Å². The van der Waals surface area contributed by atoms with Gasteiger partial charge in [0.05, 0.1) is 18.5 Å². The molecule has 0 atom stereocenters. The molecule has 18 heavy (non-hydrogen) atoms. The van der Waals surface area contributed by atoms with Crippen LogP contribution < -0.4 is 4.74 Å². The van der Waals surface area contributed by atoms with E-state index in [9.17, 15) is 9.18 Å². The Morgan fingerprint density at radius 2 is 2.33 bits per heavy atom. The van der Waals surface area contributed by atoms with Crippen LogP contribution in [0.4, 0.5) is 4.39 Å². The third-order valence-electron chi connectivity index (χ3n) is 2.48. The van der Waals surface area contributed by atoms with Gasteiger partial charge in [-0.2, -0.15) is 0 Å². The zero-order valence-corrected chi connectivity index (χ0v) is 9.75. The number of carbonyl (C=O) groups excluding carboxylic acids is 1. The maximum atomic E-state index is 12.9. The van der Waals surface area contributed by atoms with Gasteiger partial charge in [-0.25, -0.2) is 9.37 Å². The van der Waals surface area contributed by atoms with Gasteiger partial charge in [0.1, 0.15) is 11.6 Å². The molecule has 5 heteroatoms. The van der Waals surface area contributed by atoms with E-state index in [0.29, 0.717) is 18.6 Å². The van der Waals surface area contributed by atoms with Crippen LogP contribution in [0.5, 0.6) is 5.75 Å². The van der Waals surface area contributed by atoms with Crippen LogP contribution in [-0.2, 0) is 6.54 Å². The minimum absolute atomic E-state index is 0.234. The molecule has 4 nitrogen and oxygen atoms in total. The lowest BCUT2D eigenvalue weighted by Crippen LogP contribution is -2.04. The molecule has 0 N–H and O–H groups in total. The highest BCUT2D eigenvalue weighted by Crippen LogP contribution is 2.17. The SMILES string of the molecule is O=Cc1cc(F)ccc1OCCCn1ccnc1. The first-order valence-corrected chi connectivity index (χ1v) is 5.63. The van der Waals surface area contributed by atoms with Crippen LogP contribution in [0, 0.1) is 5.82 Å². The summed E-state index contributed by atoms with van der Waals surface area (Å²) in [6.45, 7) is 1.25.